The summed E-state index contributed by atoms with van der Waals surface area (Å²) in [7, 11) is 0. The molecule has 1 heterocycles. The lowest BCUT2D eigenvalue weighted by Gasteiger charge is -2.41. The van der Waals surface area contributed by atoms with Gasteiger partial charge in [0, 0.05) is 5.92 Å². The van der Waals surface area contributed by atoms with E-state index in [9.17, 15) is 24.2 Å². The van der Waals surface area contributed by atoms with Crippen molar-refractivity contribution >= 4 is 17.6 Å². The number of hydrogen-bond acceptors (Lipinski definition) is 3. The van der Waals surface area contributed by atoms with Gasteiger partial charge in [0.15, 0.2) is 0 Å². The third-order valence-electron chi connectivity index (χ3n) is 3.91. The fourth-order valence-corrected chi connectivity index (χ4v) is 3.05. The number of rotatable bonds is 4. The van der Waals surface area contributed by atoms with Gasteiger partial charge in [0.25, 0.3) is 0 Å². The van der Waals surface area contributed by atoms with E-state index < -0.39 is 33.6 Å². The molecule has 1 aromatic rings. The zero-order valence-electron chi connectivity index (χ0n) is 12.7. The maximum Gasteiger partial charge on any atom is 0.390 e. The molecule has 0 aliphatic carbocycles. The molecular weight excluding hydrogens is 289 g/mol. The molecule has 1 aromatic carbocycles. The number of halogens is 1. The van der Waals surface area contributed by atoms with Gasteiger partial charge in [-0.1, -0.05) is 19.9 Å². The summed E-state index contributed by atoms with van der Waals surface area (Å²) in [6.07, 6.45) is 0. The van der Waals surface area contributed by atoms with Crippen LogP contribution >= 0.6 is 0 Å². The number of carboxylic acids is 1. The van der Waals surface area contributed by atoms with Gasteiger partial charge in [-0.25, -0.2) is 18.5 Å². The first-order valence-electron chi connectivity index (χ1n) is 7.11. The highest BCUT2D eigenvalue weighted by molar-refractivity contribution is 6.04. The molecule has 1 aliphatic heterocycles. The fraction of sp³-hybridized carbons (Fsp3) is 0.375. The number of nitrogens with zero attached hydrogens (tertiary/aromatic N) is 1. The van der Waals surface area contributed by atoms with E-state index in [0.717, 1.165) is 12.1 Å². The van der Waals surface area contributed by atoms with Gasteiger partial charge in [0.1, 0.15) is 5.82 Å². The lowest BCUT2D eigenvalue weighted by molar-refractivity contribution is -0.809. The van der Waals surface area contributed by atoms with Gasteiger partial charge in [0.05, 0.1) is 18.7 Å². The zero-order valence-corrected chi connectivity index (χ0v) is 12.7. The van der Waals surface area contributed by atoms with Crippen LogP contribution in [0.3, 0.4) is 0 Å². The van der Waals surface area contributed by atoms with Crippen molar-refractivity contribution in [2.45, 2.75) is 20.8 Å². The number of amides is 1. The molecule has 0 radical (unpaired) electrons. The summed E-state index contributed by atoms with van der Waals surface area (Å²) in [5.41, 5.74) is -0.549. The molecule has 22 heavy (non-hydrogen) atoms. The van der Waals surface area contributed by atoms with Crippen LogP contribution in [0.4, 0.5) is 4.39 Å². The van der Waals surface area contributed by atoms with E-state index in [4.69, 9.17) is 0 Å². The Bertz CT molecular complexity index is 681. The summed E-state index contributed by atoms with van der Waals surface area (Å²) in [4.78, 5) is 24.5. The summed E-state index contributed by atoms with van der Waals surface area (Å²) >= 11 is 0. The fourth-order valence-electron chi connectivity index (χ4n) is 3.05. The number of carbonyl (C=O) groups excluding carboxylic acids is 1. The maximum atomic E-state index is 13.5. The Morgan fingerprint density at radius 1 is 1.36 bits per heavy atom. The number of likely N-dealkylation sites (N-methyl/N-ethyl adjacent to an activating group) is 1. The van der Waals surface area contributed by atoms with Crippen molar-refractivity contribution in [3.63, 3.8) is 0 Å². The van der Waals surface area contributed by atoms with Crippen LogP contribution in [-0.2, 0) is 4.79 Å². The molecule has 118 valence electrons. The number of aliphatic carboxylic acids is 1. The Labute approximate surface area is 127 Å². The normalized spacial score (nSPS) is 21.2. The molecule has 6 heteroatoms. The van der Waals surface area contributed by atoms with E-state index >= 15 is 0 Å². The summed E-state index contributed by atoms with van der Waals surface area (Å²) in [6.45, 7) is 5.64. The van der Waals surface area contributed by atoms with Crippen molar-refractivity contribution < 1.29 is 28.7 Å². The second kappa shape index (κ2) is 5.53. The Kier molecular flexibility index (Phi) is 4.06. The number of hydrogen-bond donors (Lipinski definition) is 1. The predicted molar refractivity (Wildman–Crippen MR) is 75.8 cm³/mol. The first-order chi connectivity index (χ1) is 10.2. The highest BCUT2D eigenvalue weighted by Gasteiger charge is 2.48. The van der Waals surface area contributed by atoms with Crippen molar-refractivity contribution in [3.05, 3.63) is 40.8 Å². The summed E-state index contributed by atoms with van der Waals surface area (Å²) in [5, 5.41) is 22.0. The van der Waals surface area contributed by atoms with Crippen LogP contribution in [0.2, 0.25) is 0 Å². The molecule has 1 amide bonds. The molecule has 1 N–H and O–H groups in total. The van der Waals surface area contributed by atoms with Gasteiger partial charge >= 0.3 is 11.9 Å². The molecular formula is C16H18FNO4. The average Bonchev–Trinajstić information content (AvgIpc) is 2.43. The van der Waals surface area contributed by atoms with E-state index in [1.807, 2.05) is 13.8 Å². The van der Waals surface area contributed by atoms with Crippen LogP contribution in [0, 0.1) is 11.7 Å². The molecule has 0 bridgehead atoms. The molecule has 0 saturated carbocycles. The second-order valence-corrected chi connectivity index (χ2v) is 5.84. The largest absolute Gasteiger partial charge is 0.868 e. The van der Waals surface area contributed by atoms with E-state index in [2.05, 4.69) is 0 Å². The zero-order chi connectivity index (χ0) is 16.7. The number of quaternary nitrogens is 1. The Hall–Kier alpha value is -2.21. The molecule has 1 atom stereocenters. The highest BCUT2D eigenvalue weighted by atomic mass is 19.1. The molecule has 0 aromatic heterocycles. The van der Waals surface area contributed by atoms with Gasteiger partial charge < -0.3 is 10.2 Å². The Balaban J connectivity index is 2.82. The van der Waals surface area contributed by atoms with Gasteiger partial charge in [-0.2, -0.15) is 0 Å². The SMILES string of the molecule is CC[N+]1(CC(C)C)C(=O)c2cc(F)ccc2C([O-])=C1C(=O)O. The van der Waals surface area contributed by atoms with Gasteiger partial charge in [-0.05, 0) is 30.4 Å². The number of carboxylic acid groups (broad SMARTS) is 1. The Morgan fingerprint density at radius 2 is 2.00 bits per heavy atom. The lowest BCUT2D eigenvalue weighted by atomic mass is 9.94. The van der Waals surface area contributed by atoms with Gasteiger partial charge in [0.2, 0.25) is 5.70 Å². The topological polar surface area (TPSA) is 77.4 Å². The van der Waals surface area contributed by atoms with E-state index in [1.54, 1.807) is 6.92 Å². The van der Waals surface area contributed by atoms with Crippen LogP contribution in [0.1, 0.15) is 36.7 Å². The van der Waals surface area contributed by atoms with E-state index in [1.165, 1.54) is 6.07 Å². The van der Waals surface area contributed by atoms with E-state index in [0.29, 0.717) is 0 Å². The number of benzene rings is 1. The van der Waals surface area contributed by atoms with Gasteiger partial charge in [-0.15, -0.1) is 0 Å². The monoisotopic (exact) mass is 307 g/mol. The van der Waals surface area contributed by atoms with Crippen molar-refractivity contribution in [2.75, 3.05) is 13.1 Å². The molecule has 2 rings (SSSR count). The molecule has 1 unspecified atom stereocenters. The van der Waals surface area contributed by atoms with Crippen molar-refractivity contribution in [3.8, 4) is 0 Å². The van der Waals surface area contributed by atoms with Crippen LogP contribution in [0.15, 0.2) is 23.9 Å². The average molecular weight is 307 g/mol. The first kappa shape index (κ1) is 16.2. The third kappa shape index (κ3) is 2.29. The van der Waals surface area contributed by atoms with Crippen molar-refractivity contribution in [1.82, 2.24) is 0 Å². The molecule has 0 saturated heterocycles. The highest BCUT2D eigenvalue weighted by Crippen LogP contribution is 2.36. The predicted octanol–water partition coefficient (Wildman–Crippen LogP) is 1.59. The van der Waals surface area contributed by atoms with Crippen LogP contribution in [0.5, 0.6) is 0 Å². The van der Waals surface area contributed by atoms with E-state index in [-0.39, 0.29) is 30.1 Å². The first-order valence-corrected chi connectivity index (χ1v) is 7.11. The Morgan fingerprint density at radius 3 is 2.50 bits per heavy atom. The van der Waals surface area contributed by atoms with Crippen LogP contribution in [-0.4, -0.2) is 34.6 Å². The summed E-state index contributed by atoms with van der Waals surface area (Å²) < 4.78 is 12.9. The number of carbonyl (C=O) groups is 2. The third-order valence-corrected chi connectivity index (χ3v) is 3.91. The minimum absolute atomic E-state index is 0.0128. The summed E-state index contributed by atoms with van der Waals surface area (Å²) in [5.74, 6) is -3.30. The number of fused-ring (bicyclic) bond motifs is 1. The van der Waals surface area contributed by atoms with Crippen molar-refractivity contribution in [1.29, 1.82) is 0 Å². The molecule has 5 nitrogen and oxygen atoms in total. The molecule has 0 spiro atoms. The smallest absolute Gasteiger partial charge is 0.390 e. The molecule has 0 fully saturated rings. The second-order valence-electron chi connectivity index (χ2n) is 5.84. The van der Waals surface area contributed by atoms with Gasteiger partial charge in [-0.3, -0.25) is 0 Å². The quantitative estimate of drug-likeness (QED) is 0.857. The lowest BCUT2D eigenvalue weighted by Crippen LogP contribution is -2.58. The van der Waals surface area contributed by atoms with Crippen LogP contribution < -0.4 is 5.11 Å². The maximum absolute atomic E-state index is 13.5. The summed E-state index contributed by atoms with van der Waals surface area (Å²) in [6, 6.07) is 3.24. The van der Waals surface area contributed by atoms with Crippen molar-refractivity contribution in [2.24, 2.45) is 5.92 Å². The standard InChI is InChI=1S/C16H18FNO4/c1-4-18(8-9(2)3)13(16(21)22)14(19)11-6-5-10(17)7-12(11)15(18)20/h5-7,9H,4,8H2,1-3H3,(H-,19,21,22). The van der Waals surface area contributed by atoms with Crippen LogP contribution in [0.25, 0.3) is 5.76 Å². The molecule has 1 aliphatic rings. The minimum Gasteiger partial charge on any atom is -0.868 e. The minimum atomic E-state index is -1.41.